The van der Waals surface area contributed by atoms with E-state index in [4.69, 9.17) is 0 Å². The van der Waals surface area contributed by atoms with Gasteiger partial charge < -0.3 is 16.0 Å². The summed E-state index contributed by atoms with van der Waals surface area (Å²) in [4.78, 5) is 37.2. The lowest BCUT2D eigenvalue weighted by atomic mass is 10.1. The van der Waals surface area contributed by atoms with Gasteiger partial charge in [-0.2, -0.15) is 56.2 Å². The van der Waals surface area contributed by atoms with Gasteiger partial charge in [-0.1, -0.05) is 90.5 Å². The zero-order valence-electron chi connectivity index (χ0n) is 43.8. The van der Waals surface area contributed by atoms with Crippen molar-refractivity contribution < 1.29 is 40.7 Å². The van der Waals surface area contributed by atoms with Crippen molar-refractivity contribution in [2.45, 2.75) is 45.8 Å². The summed E-state index contributed by atoms with van der Waals surface area (Å²) in [5, 5.41) is 40.1. The molecule has 0 bridgehead atoms. The van der Waals surface area contributed by atoms with Crippen molar-refractivity contribution >= 4 is 79.4 Å². The Bertz CT molecular complexity index is 4220. The first-order chi connectivity index (χ1) is 39.9. The van der Waals surface area contributed by atoms with Gasteiger partial charge in [0.05, 0.1) is 59.1 Å². The third-order valence-electron chi connectivity index (χ3n) is 12.9. The lowest BCUT2D eigenvalue weighted by molar-refractivity contribution is -0.138. The normalized spacial score (nSPS) is 11.4. The van der Waals surface area contributed by atoms with Crippen LogP contribution in [0.25, 0.3) is 32.7 Å². The number of aryl methyl sites for hydroxylation is 2. The number of nitrogens with zero attached hydrogens (tertiary/aromatic N) is 10. The van der Waals surface area contributed by atoms with Crippen LogP contribution in [0.4, 0.5) is 43.8 Å². The molecule has 83 heavy (non-hydrogen) atoms. The minimum absolute atomic E-state index is 0.254. The van der Waals surface area contributed by atoms with Crippen molar-refractivity contribution in [2.75, 3.05) is 16.0 Å². The molecule has 17 nitrogen and oxygen atoms in total. The van der Waals surface area contributed by atoms with E-state index in [0.717, 1.165) is 62.5 Å². The third-order valence-corrected chi connectivity index (χ3v) is 13.5. The molecule has 0 unspecified atom stereocenters. The highest BCUT2D eigenvalue weighted by atomic mass is 32.1. The second kappa shape index (κ2) is 24.2. The van der Waals surface area contributed by atoms with Gasteiger partial charge >= 0.3 is 12.4 Å². The molecule has 0 aliphatic heterocycles. The Balaban J connectivity index is 0.000000139. The maximum absolute atomic E-state index is 12.8. The number of para-hydroxylation sites is 3. The molecule has 4 N–H and O–H groups in total. The second-order valence-electron chi connectivity index (χ2n) is 18.7. The van der Waals surface area contributed by atoms with Crippen LogP contribution in [0, 0.1) is 13.8 Å². The van der Waals surface area contributed by atoms with E-state index in [2.05, 4.69) is 87.2 Å². The summed E-state index contributed by atoms with van der Waals surface area (Å²) in [5.41, 5.74) is 6.37. The van der Waals surface area contributed by atoms with Gasteiger partial charge in [0.25, 0.3) is 17.7 Å². The van der Waals surface area contributed by atoms with Gasteiger partial charge in [-0.15, -0.1) is 5.10 Å². The van der Waals surface area contributed by atoms with E-state index in [9.17, 15) is 40.7 Å². The number of carbonyl (C=O) groups is 3. The first-order valence-corrected chi connectivity index (χ1v) is 26.2. The number of aromatic nitrogens is 11. The van der Waals surface area contributed by atoms with E-state index in [1.165, 1.54) is 53.8 Å². The van der Waals surface area contributed by atoms with E-state index in [0.29, 0.717) is 52.1 Å². The highest BCUT2D eigenvalue weighted by molar-refractivity contribution is 7.03. The fourth-order valence-corrected chi connectivity index (χ4v) is 9.19. The number of hydrogen-bond acceptors (Lipinski definition) is 11. The highest BCUT2D eigenvalue weighted by Crippen LogP contribution is 2.32. The van der Waals surface area contributed by atoms with Crippen LogP contribution in [-0.4, -0.2) is 71.8 Å². The summed E-state index contributed by atoms with van der Waals surface area (Å²) in [6.07, 6.45) is -5.78. The monoisotopic (exact) mass is 1140 g/mol. The van der Waals surface area contributed by atoms with Crippen LogP contribution in [0.2, 0.25) is 0 Å². The van der Waals surface area contributed by atoms with E-state index in [1.54, 1.807) is 39.9 Å². The maximum atomic E-state index is 12.8. The zero-order valence-corrected chi connectivity index (χ0v) is 44.6. The Morgan fingerprint density at radius 1 is 0.506 bits per heavy atom. The van der Waals surface area contributed by atoms with Crippen molar-refractivity contribution in [3.8, 4) is 0 Å². The number of fused-ring (bicyclic) bond motifs is 3. The van der Waals surface area contributed by atoms with Crippen LogP contribution < -0.4 is 16.0 Å². The Kier molecular flexibility index (Phi) is 16.3. The first-order valence-electron chi connectivity index (χ1n) is 25.3. The molecule has 0 saturated heterocycles. The predicted octanol–water partition coefficient (Wildman–Crippen LogP) is 12.6. The third kappa shape index (κ3) is 13.3. The number of halogens is 6. The zero-order chi connectivity index (χ0) is 58.3. The Morgan fingerprint density at radius 2 is 0.928 bits per heavy atom. The Morgan fingerprint density at radius 3 is 1.31 bits per heavy atom. The number of anilines is 3. The Hall–Kier alpha value is -10.4. The summed E-state index contributed by atoms with van der Waals surface area (Å²) in [7, 11) is 0. The van der Waals surface area contributed by atoms with Gasteiger partial charge in [-0.05, 0) is 121 Å². The molecule has 3 amide bonds. The number of aromatic amines is 1. The molecule has 12 aromatic rings. The topological polar surface area (TPSA) is 208 Å². The minimum Gasteiger partial charge on any atom is -0.304 e. The van der Waals surface area contributed by atoms with Crippen LogP contribution in [-0.2, 0) is 32.0 Å². The molecule has 12 rings (SSSR count). The average molecular weight is 1150 g/mol. The molecule has 24 heteroatoms. The summed E-state index contributed by atoms with van der Waals surface area (Å²) >= 11 is 1.18. The maximum Gasteiger partial charge on any atom is 0.416 e. The number of alkyl halides is 6. The van der Waals surface area contributed by atoms with Crippen LogP contribution in [0.5, 0.6) is 0 Å². The smallest absolute Gasteiger partial charge is 0.304 e. The van der Waals surface area contributed by atoms with Crippen molar-refractivity contribution in [3.63, 3.8) is 0 Å². The molecule has 6 aromatic carbocycles. The molecule has 0 fully saturated rings. The van der Waals surface area contributed by atoms with Crippen LogP contribution in [0.15, 0.2) is 182 Å². The lowest BCUT2D eigenvalue weighted by Gasteiger charge is -2.08. The molecule has 0 saturated carbocycles. The van der Waals surface area contributed by atoms with Crippen LogP contribution in [0.3, 0.4) is 0 Å². The molecule has 6 aromatic heterocycles. The van der Waals surface area contributed by atoms with Gasteiger partial charge in [-0.3, -0.25) is 33.5 Å². The predicted molar refractivity (Wildman–Crippen MR) is 302 cm³/mol. The fraction of sp³-hybridized carbons (Fsp3) is 0.119. The number of carbonyl (C=O) groups excluding carboxylic acids is 3. The number of H-pyrrole nitrogens is 1. The quantitative estimate of drug-likeness (QED) is 0.0851. The number of benzene rings is 6. The van der Waals surface area contributed by atoms with Crippen LogP contribution >= 0.6 is 11.5 Å². The molecule has 418 valence electrons. The molecule has 6 heterocycles. The van der Waals surface area contributed by atoms with Crippen molar-refractivity contribution in [1.82, 2.24) is 54.1 Å². The van der Waals surface area contributed by atoms with Crippen molar-refractivity contribution in [3.05, 3.63) is 238 Å². The lowest BCUT2D eigenvalue weighted by Crippen LogP contribution is -2.15. The SMILES string of the molecule is Cc1[nH]ncc1C(=O)Nc1nn(Cc2ccc(C(F)(F)F)cc2)c2ccccc12.Cc1ccc(Cn2nc(NC(=O)c3cccnn3)c3ccccc32)cc1.O=C(Nc1nn(Cc2ccc(C(F)(F)F)cc2)c2ccccc12)c1ccsn1. The number of rotatable bonds is 12. The molecule has 0 aliphatic rings. The van der Waals surface area contributed by atoms with Crippen LogP contribution in [0.1, 0.15) is 70.4 Å². The van der Waals surface area contributed by atoms with Crippen molar-refractivity contribution in [2.24, 2.45) is 0 Å². The van der Waals surface area contributed by atoms with Gasteiger partial charge in [0, 0.05) is 33.4 Å². The summed E-state index contributed by atoms with van der Waals surface area (Å²) < 4.78 is 85.7. The summed E-state index contributed by atoms with van der Waals surface area (Å²) in [5.74, 6) is 0.221. The van der Waals surface area contributed by atoms with E-state index in [1.807, 2.05) is 77.5 Å². The van der Waals surface area contributed by atoms with Gasteiger partial charge in [0.15, 0.2) is 23.1 Å². The average Bonchev–Trinajstić information content (AvgIpc) is 4.42. The fourth-order valence-electron chi connectivity index (χ4n) is 8.68. The Labute approximate surface area is 471 Å². The highest BCUT2D eigenvalue weighted by Gasteiger charge is 2.31. The number of amides is 3. The van der Waals surface area contributed by atoms with Crippen molar-refractivity contribution in [1.29, 1.82) is 0 Å². The number of hydrogen-bond donors (Lipinski definition) is 4. The summed E-state index contributed by atoms with van der Waals surface area (Å²) in [6.45, 7) is 4.96. The summed E-state index contributed by atoms with van der Waals surface area (Å²) in [6, 6.07) is 45.6. The standard InChI is InChI=1S/C20H16F3N5O.C20H17N5O.C19H13F3N4OS/c1-12-16(10-24-26-12)19(29)25-18-15-4-2-3-5-17(15)28(27-18)11-13-6-8-14(9-7-13)20(21,22)23;1-14-8-10-15(11-9-14)13-25-18-7-3-2-5-16(18)19(24-25)22-20(26)17-6-4-12-21-23-17;20-19(21,22)13-7-5-12(6-8-13)11-26-16-4-2-1-3-14(16)17(24-26)23-18(27)15-9-10-28-25-15/h2-10H,11H2,1H3,(H,24,26)(H,25,27,29);2-12H,13H2,1H3,(H,22,24,26);1-10H,11H2,(H,23,24,27). The molecule has 0 radical (unpaired) electrons. The molecule has 0 atom stereocenters. The number of nitrogens with one attached hydrogen (secondary N) is 4. The second-order valence-corrected chi connectivity index (χ2v) is 19.4. The van der Waals surface area contributed by atoms with Gasteiger partial charge in [0.1, 0.15) is 5.69 Å². The largest absolute Gasteiger partial charge is 0.416 e. The van der Waals surface area contributed by atoms with E-state index >= 15 is 0 Å². The first kappa shape index (κ1) is 55.9. The molecule has 0 spiro atoms. The van der Waals surface area contributed by atoms with E-state index < -0.39 is 23.5 Å². The van der Waals surface area contributed by atoms with Gasteiger partial charge in [-0.25, -0.2) is 0 Å². The van der Waals surface area contributed by atoms with Gasteiger partial charge in [0.2, 0.25) is 0 Å². The molecular formula is C59H46F6N14O3S. The minimum atomic E-state index is -4.38. The molecular weight excluding hydrogens is 1100 g/mol. The molecule has 0 aliphatic carbocycles. The van der Waals surface area contributed by atoms with E-state index in [-0.39, 0.29) is 36.5 Å².